The SMILES string of the molecule is COc1ccc(-c2noc(-c3ccc(=O)n(CC(=O)N4CCN(c5ccccc5F)CC4)c3)n2)cc1. The average molecular weight is 490 g/mol. The van der Waals surface area contributed by atoms with E-state index in [9.17, 15) is 14.0 Å². The average Bonchev–Trinajstić information content (AvgIpc) is 3.41. The largest absolute Gasteiger partial charge is 0.497 e. The molecule has 5 rings (SSSR count). The van der Waals surface area contributed by atoms with Crippen LogP contribution in [-0.2, 0) is 11.3 Å². The van der Waals surface area contributed by atoms with E-state index >= 15 is 0 Å². The van der Waals surface area contributed by atoms with E-state index in [4.69, 9.17) is 9.26 Å². The number of benzene rings is 2. The molecule has 1 fully saturated rings. The van der Waals surface area contributed by atoms with Gasteiger partial charge in [-0.3, -0.25) is 9.59 Å². The number of pyridine rings is 1. The molecule has 1 amide bonds. The Labute approximate surface area is 206 Å². The molecule has 184 valence electrons. The molecule has 36 heavy (non-hydrogen) atoms. The summed E-state index contributed by atoms with van der Waals surface area (Å²) in [5, 5.41) is 4.02. The highest BCUT2D eigenvalue weighted by atomic mass is 19.1. The van der Waals surface area contributed by atoms with Gasteiger partial charge in [-0.2, -0.15) is 4.98 Å². The summed E-state index contributed by atoms with van der Waals surface area (Å²) in [4.78, 5) is 33.4. The Kier molecular flexibility index (Phi) is 6.48. The standard InChI is InChI=1S/C26H24FN5O4/c1-35-20-9-6-18(7-10-20)25-28-26(36-29-25)19-8-11-23(33)32(16-19)17-24(34)31-14-12-30(13-15-31)22-5-3-2-4-21(22)27/h2-11,16H,12-15,17H2,1H3. The number of aromatic nitrogens is 3. The molecular weight excluding hydrogens is 465 g/mol. The molecule has 0 saturated carbocycles. The summed E-state index contributed by atoms with van der Waals surface area (Å²) in [7, 11) is 1.59. The Morgan fingerprint density at radius 2 is 1.72 bits per heavy atom. The molecule has 0 bridgehead atoms. The number of amides is 1. The summed E-state index contributed by atoms with van der Waals surface area (Å²) in [5.74, 6) is 0.881. The van der Waals surface area contributed by atoms with Crippen molar-refractivity contribution in [1.82, 2.24) is 19.6 Å². The van der Waals surface area contributed by atoms with Crippen LogP contribution in [0.15, 0.2) is 76.2 Å². The van der Waals surface area contributed by atoms with Crippen LogP contribution in [0.3, 0.4) is 0 Å². The first-order valence-electron chi connectivity index (χ1n) is 11.5. The molecule has 1 aliphatic rings. The molecule has 1 aliphatic heterocycles. The third-order valence-electron chi connectivity index (χ3n) is 6.14. The summed E-state index contributed by atoms with van der Waals surface area (Å²) >= 11 is 0. The second kappa shape index (κ2) is 10.0. The molecule has 10 heteroatoms. The Hall–Kier alpha value is -4.47. The van der Waals surface area contributed by atoms with Gasteiger partial charge in [-0.1, -0.05) is 17.3 Å². The van der Waals surface area contributed by atoms with Crippen LogP contribution in [0.4, 0.5) is 10.1 Å². The fourth-order valence-electron chi connectivity index (χ4n) is 4.13. The van der Waals surface area contributed by atoms with Gasteiger partial charge < -0.3 is 23.6 Å². The first-order chi connectivity index (χ1) is 17.5. The number of carbonyl (C=O) groups excluding carboxylic acids is 1. The molecular formula is C26H24FN5O4. The van der Waals surface area contributed by atoms with Crippen LogP contribution in [0.5, 0.6) is 5.75 Å². The predicted molar refractivity (Wildman–Crippen MR) is 131 cm³/mol. The van der Waals surface area contributed by atoms with Gasteiger partial charge in [-0.05, 0) is 42.5 Å². The van der Waals surface area contributed by atoms with E-state index in [0.717, 1.165) is 5.56 Å². The maximum Gasteiger partial charge on any atom is 0.259 e. The zero-order chi connectivity index (χ0) is 25.1. The molecule has 2 aromatic carbocycles. The van der Waals surface area contributed by atoms with E-state index in [1.54, 1.807) is 54.6 Å². The third kappa shape index (κ3) is 4.83. The van der Waals surface area contributed by atoms with Crippen LogP contribution >= 0.6 is 0 Å². The van der Waals surface area contributed by atoms with Crippen molar-refractivity contribution in [3.05, 3.63) is 83.0 Å². The lowest BCUT2D eigenvalue weighted by molar-refractivity contribution is -0.132. The lowest BCUT2D eigenvalue weighted by Gasteiger charge is -2.36. The molecule has 0 radical (unpaired) electrons. The molecule has 9 nitrogen and oxygen atoms in total. The molecule has 4 aromatic rings. The molecule has 1 saturated heterocycles. The Morgan fingerprint density at radius 1 is 1.00 bits per heavy atom. The maximum atomic E-state index is 14.1. The second-order valence-electron chi connectivity index (χ2n) is 8.35. The van der Waals surface area contributed by atoms with Crippen molar-refractivity contribution in [1.29, 1.82) is 0 Å². The third-order valence-corrected chi connectivity index (χ3v) is 6.14. The van der Waals surface area contributed by atoms with Crippen molar-refractivity contribution in [2.75, 3.05) is 38.2 Å². The molecule has 0 unspecified atom stereocenters. The van der Waals surface area contributed by atoms with E-state index < -0.39 is 0 Å². The number of hydrogen-bond donors (Lipinski definition) is 0. The van der Waals surface area contributed by atoms with Crippen molar-refractivity contribution in [2.24, 2.45) is 0 Å². The van der Waals surface area contributed by atoms with Crippen LogP contribution < -0.4 is 15.2 Å². The first-order valence-corrected chi connectivity index (χ1v) is 11.5. The maximum absolute atomic E-state index is 14.1. The van der Waals surface area contributed by atoms with Crippen LogP contribution in [-0.4, -0.2) is 58.8 Å². The van der Waals surface area contributed by atoms with Gasteiger partial charge in [0.25, 0.3) is 11.4 Å². The number of anilines is 1. The van der Waals surface area contributed by atoms with E-state index in [1.165, 1.54) is 16.7 Å². The molecule has 0 aliphatic carbocycles. The molecule has 2 aromatic heterocycles. The van der Waals surface area contributed by atoms with E-state index in [0.29, 0.717) is 49.0 Å². The summed E-state index contributed by atoms with van der Waals surface area (Å²) in [6.07, 6.45) is 1.54. The normalized spacial score (nSPS) is 13.6. The summed E-state index contributed by atoms with van der Waals surface area (Å²) in [6.45, 7) is 1.79. The van der Waals surface area contributed by atoms with Gasteiger partial charge in [0.05, 0.1) is 18.4 Å². The highest BCUT2D eigenvalue weighted by molar-refractivity contribution is 5.76. The minimum atomic E-state index is -0.313. The van der Waals surface area contributed by atoms with E-state index in [1.807, 2.05) is 17.0 Å². The number of methoxy groups -OCH3 is 1. The fourth-order valence-corrected chi connectivity index (χ4v) is 4.13. The highest BCUT2D eigenvalue weighted by Crippen LogP contribution is 2.24. The molecule has 0 N–H and O–H groups in total. The van der Waals surface area contributed by atoms with Gasteiger partial charge >= 0.3 is 0 Å². The zero-order valence-corrected chi connectivity index (χ0v) is 19.6. The van der Waals surface area contributed by atoms with Crippen molar-refractivity contribution < 1.29 is 18.4 Å². The van der Waals surface area contributed by atoms with Crippen molar-refractivity contribution >= 4 is 11.6 Å². The van der Waals surface area contributed by atoms with Gasteiger partial charge in [0.2, 0.25) is 11.7 Å². The van der Waals surface area contributed by atoms with Gasteiger partial charge in [-0.25, -0.2) is 4.39 Å². The molecule has 0 spiro atoms. The van der Waals surface area contributed by atoms with Crippen molar-refractivity contribution in [3.8, 4) is 28.6 Å². The van der Waals surface area contributed by atoms with E-state index in [-0.39, 0.29) is 29.7 Å². The van der Waals surface area contributed by atoms with Crippen LogP contribution in [0.2, 0.25) is 0 Å². The number of piperazine rings is 1. The Bertz CT molecular complexity index is 1420. The summed E-state index contributed by atoms with van der Waals surface area (Å²) in [5.41, 5.74) is 1.50. The zero-order valence-electron chi connectivity index (χ0n) is 19.6. The number of hydrogen-bond acceptors (Lipinski definition) is 7. The predicted octanol–water partition coefficient (Wildman–Crippen LogP) is 3.06. The van der Waals surface area contributed by atoms with Gasteiger partial charge in [0.1, 0.15) is 18.1 Å². The monoisotopic (exact) mass is 489 g/mol. The van der Waals surface area contributed by atoms with Gasteiger partial charge in [0, 0.05) is 44.0 Å². The number of ether oxygens (including phenoxy) is 1. The first kappa shape index (κ1) is 23.3. The van der Waals surface area contributed by atoms with Crippen LogP contribution in [0.25, 0.3) is 22.8 Å². The topological polar surface area (TPSA) is 93.7 Å². The van der Waals surface area contributed by atoms with Crippen LogP contribution in [0, 0.1) is 5.82 Å². The summed E-state index contributed by atoms with van der Waals surface area (Å²) < 4.78 is 26.0. The number of para-hydroxylation sites is 1. The lowest BCUT2D eigenvalue weighted by atomic mass is 10.2. The van der Waals surface area contributed by atoms with Gasteiger partial charge in [-0.15, -0.1) is 0 Å². The van der Waals surface area contributed by atoms with E-state index in [2.05, 4.69) is 10.1 Å². The van der Waals surface area contributed by atoms with Crippen LogP contribution in [0.1, 0.15) is 0 Å². The Balaban J connectivity index is 1.26. The quantitative estimate of drug-likeness (QED) is 0.411. The minimum Gasteiger partial charge on any atom is -0.497 e. The smallest absolute Gasteiger partial charge is 0.259 e. The Morgan fingerprint density at radius 3 is 2.44 bits per heavy atom. The van der Waals surface area contributed by atoms with Gasteiger partial charge in [0.15, 0.2) is 0 Å². The number of halogens is 1. The fraction of sp³-hybridized carbons (Fsp3) is 0.231. The number of nitrogens with zero attached hydrogens (tertiary/aromatic N) is 5. The van der Waals surface area contributed by atoms with Crippen molar-refractivity contribution in [2.45, 2.75) is 6.54 Å². The molecule has 3 heterocycles. The highest BCUT2D eigenvalue weighted by Gasteiger charge is 2.23. The lowest BCUT2D eigenvalue weighted by Crippen LogP contribution is -2.50. The molecule has 0 atom stereocenters. The van der Waals surface area contributed by atoms with Crippen molar-refractivity contribution in [3.63, 3.8) is 0 Å². The minimum absolute atomic E-state index is 0.119. The number of carbonyl (C=O) groups is 1. The second-order valence-corrected chi connectivity index (χ2v) is 8.35. The summed E-state index contributed by atoms with van der Waals surface area (Å²) in [6, 6.07) is 16.8. The number of rotatable bonds is 6.